The molecule has 0 aliphatic rings. The zero-order chi connectivity index (χ0) is 7.40. The Labute approximate surface area is 69.3 Å². The molecule has 56 valence electrons. The molecule has 1 heterocycles. The molecular weight excluding hydrogens is 168 g/mol. The molecule has 0 saturated heterocycles. The van der Waals surface area contributed by atoms with Crippen molar-refractivity contribution in [2.24, 2.45) is 0 Å². The molecule has 0 aliphatic heterocycles. The molecule has 0 bridgehead atoms. The van der Waals surface area contributed by atoms with Gasteiger partial charge in [-0.2, -0.15) is 0 Å². The molecule has 0 spiro atoms. The van der Waals surface area contributed by atoms with Crippen molar-refractivity contribution < 1.29 is 5.11 Å². The summed E-state index contributed by atoms with van der Waals surface area (Å²) in [6.45, 7) is 0.159. The van der Waals surface area contributed by atoms with Gasteiger partial charge in [-0.05, 0) is 17.9 Å². The average molecular weight is 177 g/mol. The lowest BCUT2D eigenvalue weighted by molar-refractivity contribution is 0.287. The van der Waals surface area contributed by atoms with Gasteiger partial charge < -0.3 is 5.11 Å². The first-order valence-corrected chi connectivity index (χ1v) is 4.44. The van der Waals surface area contributed by atoms with Crippen LogP contribution in [0.5, 0.6) is 0 Å². The predicted octanol–water partition coefficient (Wildman–Crippen LogP) is 2.41. The number of alkyl halides is 1. The first-order chi connectivity index (χ1) is 4.84. The third-order valence-electron chi connectivity index (χ3n) is 1.23. The van der Waals surface area contributed by atoms with Crippen molar-refractivity contribution in [3.05, 3.63) is 22.4 Å². The Morgan fingerprint density at radius 2 is 2.50 bits per heavy atom. The van der Waals surface area contributed by atoms with E-state index in [1.54, 1.807) is 11.3 Å². The molecule has 10 heavy (non-hydrogen) atoms. The van der Waals surface area contributed by atoms with Gasteiger partial charge in [0.2, 0.25) is 0 Å². The lowest BCUT2D eigenvalue weighted by Crippen LogP contribution is -1.90. The van der Waals surface area contributed by atoms with Crippen LogP contribution in [0.25, 0.3) is 0 Å². The Balaban J connectivity index is 2.50. The largest absolute Gasteiger partial charge is 0.396 e. The smallest absolute Gasteiger partial charge is 0.0700 e. The van der Waals surface area contributed by atoms with E-state index in [4.69, 9.17) is 16.7 Å². The highest BCUT2D eigenvalue weighted by atomic mass is 35.5. The minimum atomic E-state index is -0.00926. The maximum atomic E-state index is 8.56. The molecule has 0 amide bonds. The van der Waals surface area contributed by atoms with E-state index in [1.165, 1.54) is 0 Å². The Bertz CT molecular complexity index is 174. The van der Waals surface area contributed by atoms with Crippen molar-refractivity contribution in [2.45, 2.75) is 11.8 Å². The lowest BCUT2D eigenvalue weighted by Gasteiger charge is -2.02. The quantitative estimate of drug-likeness (QED) is 0.702. The molecule has 1 rings (SSSR count). The van der Waals surface area contributed by atoms with Crippen molar-refractivity contribution in [1.29, 1.82) is 0 Å². The summed E-state index contributed by atoms with van der Waals surface area (Å²) >= 11 is 7.53. The van der Waals surface area contributed by atoms with Gasteiger partial charge in [0.15, 0.2) is 0 Å². The second kappa shape index (κ2) is 3.96. The molecular formula is C7H9ClOS. The van der Waals surface area contributed by atoms with Gasteiger partial charge in [0.05, 0.1) is 5.38 Å². The second-order valence-corrected chi connectivity index (χ2v) is 3.50. The minimum Gasteiger partial charge on any atom is -0.396 e. The number of hydrogen-bond donors (Lipinski definition) is 1. The molecule has 1 N–H and O–H groups in total. The van der Waals surface area contributed by atoms with Gasteiger partial charge in [-0.1, -0.05) is 6.07 Å². The van der Waals surface area contributed by atoms with E-state index in [0.717, 1.165) is 4.88 Å². The van der Waals surface area contributed by atoms with Crippen molar-refractivity contribution in [1.82, 2.24) is 0 Å². The molecule has 0 radical (unpaired) electrons. The van der Waals surface area contributed by atoms with Gasteiger partial charge in [-0.25, -0.2) is 0 Å². The van der Waals surface area contributed by atoms with Crippen molar-refractivity contribution >= 4 is 22.9 Å². The first kappa shape index (κ1) is 8.05. The highest BCUT2D eigenvalue weighted by Gasteiger charge is 2.06. The number of aliphatic hydroxyl groups excluding tert-OH is 1. The van der Waals surface area contributed by atoms with E-state index in [2.05, 4.69) is 0 Å². The van der Waals surface area contributed by atoms with Crippen LogP contribution in [-0.2, 0) is 0 Å². The number of thiophene rings is 1. The van der Waals surface area contributed by atoms with Crippen LogP contribution in [0.4, 0.5) is 0 Å². The number of rotatable bonds is 3. The molecule has 0 aromatic carbocycles. The zero-order valence-corrected chi connectivity index (χ0v) is 7.03. The van der Waals surface area contributed by atoms with E-state index in [1.807, 2.05) is 17.5 Å². The summed E-state index contributed by atoms with van der Waals surface area (Å²) in [5.41, 5.74) is 0. The van der Waals surface area contributed by atoms with Crippen molar-refractivity contribution in [3.8, 4) is 0 Å². The molecule has 0 saturated carbocycles. The summed E-state index contributed by atoms with van der Waals surface area (Å²) in [6, 6.07) is 3.95. The molecule has 0 unspecified atom stereocenters. The van der Waals surface area contributed by atoms with Crippen molar-refractivity contribution in [3.63, 3.8) is 0 Å². The summed E-state index contributed by atoms with van der Waals surface area (Å²) in [4.78, 5) is 1.13. The maximum absolute atomic E-state index is 8.56. The molecule has 1 atom stereocenters. The summed E-state index contributed by atoms with van der Waals surface area (Å²) < 4.78 is 0. The lowest BCUT2D eigenvalue weighted by atomic mass is 10.3. The molecule has 1 aromatic heterocycles. The van der Waals surface area contributed by atoms with E-state index in [0.29, 0.717) is 6.42 Å². The maximum Gasteiger partial charge on any atom is 0.0700 e. The number of hydrogen-bond acceptors (Lipinski definition) is 2. The fraction of sp³-hybridized carbons (Fsp3) is 0.429. The second-order valence-electron chi connectivity index (χ2n) is 2.00. The van der Waals surface area contributed by atoms with Gasteiger partial charge >= 0.3 is 0 Å². The van der Waals surface area contributed by atoms with Gasteiger partial charge in [-0.3, -0.25) is 0 Å². The van der Waals surface area contributed by atoms with Crippen LogP contribution >= 0.6 is 22.9 Å². The van der Waals surface area contributed by atoms with E-state index >= 15 is 0 Å². The summed E-state index contributed by atoms with van der Waals surface area (Å²) in [6.07, 6.45) is 0.641. The Morgan fingerprint density at radius 1 is 1.70 bits per heavy atom. The molecule has 0 aliphatic carbocycles. The first-order valence-electron chi connectivity index (χ1n) is 3.13. The fourth-order valence-electron chi connectivity index (χ4n) is 0.725. The van der Waals surface area contributed by atoms with Crippen LogP contribution in [0, 0.1) is 0 Å². The van der Waals surface area contributed by atoms with Crippen LogP contribution in [0.15, 0.2) is 17.5 Å². The Kier molecular flexibility index (Phi) is 3.19. The van der Waals surface area contributed by atoms with Crippen LogP contribution in [0.2, 0.25) is 0 Å². The van der Waals surface area contributed by atoms with Crippen LogP contribution < -0.4 is 0 Å². The van der Waals surface area contributed by atoms with Crippen LogP contribution in [0.1, 0.15) is 16.7 Å². The zero-order valence-electron chi connectivity index (χ0n) is 5.46. The monoisotopic (exact) mass is 176 g/mol. The SMILES string of the molecule is OCC[C@@H](Cl)c1cccs1. The third kappa shape index (κ3) is 1.97. The van der Waals surface area contributed by atoms with E-state index in [-0.39, 0.29) is 12.0 Å². The summed E-state index contributed by atoms with van der Waals surface area (Å²) in [5.74, 6) is 0. The summed E-state index contributed by atoms with van der Waals surface area (Å²) in [5, 5.41) is 10.5. The third-order valence-corrected chi connectivity index (χ3v) is 2.80. The van der Waals surface area contributed by atoms with Gasteiger partial charge in [0.25, 0.3) is 0 Å². The summed E-state index contributed by atoms with van der Waals surface area (Å²) in [7, 11) is 0. The molecule has 1 nitrogen and oxygen atoms in total. The van der Waals surface area contributed by atoms with Crippen LogP contribution in [0.3, 0.4) is 0 Å². The molecule has 3 heteroatoms. The normalized spacial score (nSPS) is 13.4. The van der Waals surface area contributed by atoms with Gasteiger partial charge in [0, 0.05) is 11.5 Å². The van der Waals surface area contributed by atoms with E-state index < -0.39 is 0 Å². The highest BCUT2D eigenvalue weighted by molar-refractivity contribution is 7.10. The standard InChI is InChI=1S/C7H9ClOS/c8-6(3-4-9)7-2-1-5-10-7/h1-2,5-6,9H,3-4H2/t6-/m1/s1. The number of halogens is 1. The minimum absolute atomic E-state index is 0.00926. The average Bonchev–Trinajstić information content (AvgIpc) is 2.38. The molecule has 0 fully saturated rings. The highest BCUT2D eigenvalue weighted by Crippen LogP contribution is 2.27. The number of aliphatic hydroxyl groups is 1. The van der Waals surface area contributed by atoms with Crippen molar-refractivity contribution in [2.75, 3.05) is 6.61 Å². The van der Waals surface area contributed by atoms with Gasteiger partial charge in [0.1, 0.15) is 0 Å². The molecule has 1 aromatic rings. The Hall–Kier alpha value is -0.0500. The Morgan fingerprint density at radius 3 is 3.00 bits per heavy atom. The van der Waals surface area contributed by atoms with E-state index in [9.17, 15) is 0 Å². The van der Waals surface area contributed by atoms with Crippen LogP contribution in [-0.4, -0.2) is 11.7 Å². The fourth-order valence-corrected chi connectivity index (χ4v) is 1.79. The predicted molar refractivity (Wildman–Crippen MR) is 44.6 cm³/mol. The van der Waals surface area contributed by atoms with Gasteiger partial charge in [-0.15, -0.1) is 22.9 Å². The topological polar surface area (TPSA) is 20.2 Å².